The summed E-state index contributed by atoms with van der Waals surface area (Å²) in [6.07, 6.45) is 0. The van der Waals surface area contributed by atoms with Crippen LogP contribution in [0.25, 0.3) is 0 Å². The van der Waals surface area contributed by atoms with Crippen molar-refractivity contribution in [2.24, 2.45) is 5.73 Å². The minimum absolute atomic E-state index is 0.120. The lowest BCUT2D eigenvalue weighted by atomic mass is 10.1. The Morgan fingerprint density at radius 1 is 1.33 bits per heavy atom. The summed E-state index contributed by atoms with van der Waals surface area (Å²) in [4.78, 5) is 9.86. The van der Waals surface area contributed by atoms with E-state index in [1.807, 2.05) is 0 Å². The standard InChI is InChI=1S/C14H12ClFN2O3/c1-8(17)11-4-3-10(7-12(11)15)21-14-5-2-9(18(19)20)6-13(14)16/h2-8H,17H2,1H3. The molecule has 0 saturated carbocycles. The average molecular weight is 311 g/mol. The van der Waals surface area contributed by atoms with E-state index in [9.17, 15) is 14.5 Å². The van der Waals surface area contributed by atoms with E-state index in [0.29, 0.717) is 10.8 Å². The molecule has 2 aromatic carbocycles. The second-order valence-electron chi connectivity index (χ2n) is 4.45. The number of ether oxygens (including phenoxy) is 1. The first-order valence-corrected chi connectivity index (χ1v) is 6.43. The van der Waals surface area contributed by atoms with Crippen molar-refractivity contribution in [3.05, 3.63) is 62.9 Å². The first kappa shape index (κ1) is 15.2. The van der Waals surface area contributed by atoms with Gasteiger partial charge in [0, 0.05) is 17.1 Å². The van der Waals surface area contributed by atoms with Gasteiger partial charge < -0.3 is 10.5 Å². The zero-order valence-electron chi connectivity index (χ0n) is 11.0. The van der Waals surface area contributed by atoms with E-state index >= 15 is 0 Å². The second kappa shape index (κ2) is 6.07. The molecule has 2 N–H and O–H groups in total. The highest BCUT2D eigenvalue weighted by Crippen LogP contribution is 2.31. The van der Waals surface area contributed by atoms with Crippen LogP contribution in [0.3, 0.4) is 0 Å². The SMILES string of the molecule is CC(N)c1ccc(Oc2ccc([N+](=O)[O-])cc2F)cc1Cl. The monoisotopic (exact) mass is 310 g/mol. The highest BCUT2D eigenvalue weighted by molar-refractivity contribution is 6.31. The number of nitro groups is 1. The number of nitrogens with zero attached hydrogens (tertiary/aromatic N) is 1. The van der Waals surface area contributed by atoms with E-state index in [2.05, 4.69) is 0 Å². The van der Waals surface area contributed by atoms with Crippen LogP contribution in [-0.2, 0) is 0 Å². The highest BCUT2D eigenvalue weighted by atomic mass is 35.5. The van der Waals surface area contributed by atoms with E-state index in [0.717, 1.165) is 17.7 Å². The molecule has 21 heavy (non-hydrogen) atoms. The number of nitrogens with two attached hydrogens (primary N) is 1. The average Bonchev–Trinajstić information content (AvgIpc) is 2.40. The maximum atomic E-state index is 13.7. The van der Waals surface area contributed by atoms with E-state index in [1.165, 1.54) is 12.1 Å². The normalized spacial score (nSPS) is 12.0. The zero-order chi connectivity index (χ0) is 15.6. The summed E-state index contributed by atoms with van der Waals surface area (Å²) in [5.41, 5.74) is 6.14. The third kappa shape index (κ3) is 3.48. The molecule has 0 bridgehead atoms. The Labute approximate surface area is 125 Å². The molecule has 0 amide bonds. The number of non-ortho nitro benzene ring substituents is 1. The first-order chi connectivity index (χ1) is 9.88. The first-order valence-electron chi connectivity index (χ1n) is 6.05. The van der Waals surface area contributed by atoms with Crippen molar-refractivity contribution in [2.75, 3.05) is 0 Å². The molecule has 2 aromatic rings. The lowest BCUT2D eigenvalue weighted by Gasteiger charge is -2.11. The maximum absolute atomic E-state index is 13.7. The Balaban J connectivity index is 2.26. The van der Waals surface area contributed by atoms with Gasteiger partial charge in [-0.25, -0.2) is 4.39 Å². The van der Waals surface area contributed by atoms with Gasteiger partial charge in [0.15, 0.2) is 11.6 Å². The molecule has 110 valence electrons. The highest BCUT2D eigenvalue weighted by Gasteiger charge is 2.13. The fourth-order valence-corrected chi connectivity index (χ4v) is 2.10. The van der Waals surface area contributed by atoms with Crippen molar-refractivity contribution in [1.82, 2.24) is 0 Å². The topological polar surface area (TPSA) is 78.4 Å². The van der Waals surface area contributed by atoms with Crippen LogP contribution in [0, 0.1) is 15.9 Å². The van der Waals surface area contributed by atoms with Crippen LogP contribution in [0.5, 0.6) is 11.5 Å². The Bertz CT molecular complexity index is 692. The lowest BCUT2D eigenvalue weighted by molar-refractivity contribution is -0.385. The van der Waals surface area contributed by atoms with Gasteiger partial charge in [0.25, 0.3) is 5.69 Å². The minimum Gasteiger partial charge on any atom is -0.454 e. The van der Waals surface area contributed by atoms with Crippen LogP contribution < -0.4 is 10.5 Å². The Hall–Kier alpha value is -2.18. The molecule has 5 nitrogen and oxygen atoms in total. The van der Waals surface area contributed by atoms with Crippen molar-refractivity contribution in [3.8, 4) is 11.5 Å². The van der Waals surface area contributed by atoms with Crippen LogP contribution in [0.1, 0.15) is 18.5 Å². The fraction of sp³-hybridized carbons (Fsp3) is 0.143. The van der Waals surface area contributed by atoms with Gasteiger partial charge in [0.05, 0.1) is 11.0 Å². The molecule has 1 atom stereocenters. The molecule has 0 heterocycles. The van der Waals surface area contributed by atoms with Crippen LogP contribution in [0.2, 0.25) is 5.02 Å². The molecule has 0 fully saturated rings. The van der Waals surface area contributed by atoms with Gasteiger partial charge in [0.1, 0.15) is 5.75 Å². The largest absolute Gasteiger partial charge is 0.454 e. The lowest BCUT2D eigenvalue weighted by Crippen LogP contribution is -2.05. The molecule has 1 unspecified atom stereocenters. The van der Waals surface area contributed by atoms with Gasteiger partial charge in [-0.2, -0.15) is 0 Å². The molecule has 0 aliphatic carbocycles. The van der Waals surface area contributed by atoms with E-state index < -0.39 is 10.7 Å². The second-order valence-corrected chi connectivity index (χ2v) is 4.85. The fourth-order valence-electron chi connectivity index (χ4n) is 1.75. The molecule has 0 saturated heterocycles. The molecule has 7 heteroatoms. The van der Waals surface area contributed by atoms with Crippen molar-refractivity contribution >= 4 is 17.3 Å². The molecule has 0 aliphatic heterocycles. The van der Waals surface area contributed by atoms with Gasteiger partial charge in [0.2, 0.25) is 0 Å². The quantitative estimate of drug-likeness (QED) is 0.678. The molecule has 0 spiro atoms. The van der Waals surface area contributed by atoms with Crippen molar-refractivity contribution in [3.63, 3.8) is 0 Å². The number of hydrogen-bond acceptors (Lipinski definition) is 4. The van der Waals surface area contributed by atoms with E-state index in [1.54, 1.807) is 19.1 Å². The summed E-state index contributed by atoms with van der Waals surface area (Å²) in [6.45, 7) is 1.79. The predicted molar refractivity (Wildman–Crippen MR) is 77.2 cm³/mol. The van der Waals surface area contributed by atoms with Crippen molar-refractivity contribution < 1.29 is 14.1 Å². The predicted octanol–water partition coefficient (Wildman–Crippen LogP) is 4.20. The summed E-state index contributed by atoms with van der Waals surface area (Å²) in [5, 5.41) is 10.9. The van der Waals surface area contributed by atoms with E-state index in [-0.39, 0.29) is 17.5 Å². The minimum atomic E-state index is -0.823. The summed E-state index contributed by atoms with van der Waals surface area (Å²) < 4.78 is 19.1. The van der Waals surface area contributed by atoms with Gasteiger partial charge in [-0.3, -0.25) is 10.1 Å². The van der Waals surface area contributed by atoms with Gasteiger partial charge in [-0.05, 0) is 30.7 Å². The van der Waals surface area contributed by atoms with Crippen molar-refractivity contribution in [2.45, 2.75) is 13.0 Å². The molecule has 0 aromatic heterocycles. The van der Waals surface area contributed by atoms with Crippen LogP contribution in [0.4, 0.5) is 10.1 Å². The van der Waals surface area contributed by atoms with Gasteiger partial charge >= 0.3 is 0 Å². The van der Waals surface area contributed by atoms with Crippen LogP contribution in [-0.4, -0.2) is 4.92 Å². The smallest absolute Gasteiger partial charge is 0.272 e. The van der Waals surface area contributed by atoms with E-state index in [4.69, 9.17) is 22.1 Å². The Kier molecular flexibility index (Phi) is 4.40. The van der Waals surface area contributed by atoms with Crippen molar-refractivity contribution in [1.29, 1.82) is 0 Å². The molecule has 2 rings (SSSR count). The van der Waals surface area contributed by atoms with Gasteiger partial charge in [-0.1, -0.05) is 17.7 Å². The van der Waals surface area contributed by atoms with Crippen LogP contribution in [0.15, 0.2) is 36.4 Å². The van der Waals surface area contributed by atoms with Gasteiger partial charge in [-0.15, -0.1) is 0 Å². The molecule has 0 aliphatic rings. The maximum Gasteiger partial charge on any atom is 0.272 e. The number of nitro benzene ring substituents is 1. The van der Waals surface area contributed by atoms with Crippen LogP contribution >= 0.6 is 11.6 Å². The number of hydrogen-bond donors (Lipinski definition) is 1. The summed E-state index contributed by atoms with van der Waals surface area (Å²) in [6, 6.07) is 7.73. The molecular formula is C14H12ClFN2O3. The third-order valence-corrected chi connectivity index (χ3v) is 3.14. The third-order valence-electron chi connectivity index (χ3n) is 2.82. The summed E-state index contributed by atoms with van der Waals surface area (Å²) in [5.74, 6) is -0.626. The molecular weight excluding hydrogens is 299 g/mol. The number of benzene rings is 2. The zero-order valence-corrected chi connectivity index (χ0v) is 11.8. The Morgan fingerprint density at radius 3 is 2.57 bits per heavy atom. The summed E-state index contributed by atoms with van der Waals surface area (Å²) in [7, 11) is 0. The Morgan fingerprint density at radius 2 is 2.05 bits per heavy atom. The number of halogens is 2. The summed E-state index contributed by atoms with van der Waals surface area (Å²) >= 11 is 6.05. The number of rotatable bonds is 4. The molecule has 0 radical (unpaired) electrons.